The van der Waals surface area contributed by atoms with E-state index in [4.69, 9.17) is 0 Å². The molecule has 0 saturated carbocycles. The quantitative estimate of drug-likeness (QED) is 0.743. The summed E-state index contributed by atoms with van der Waals surface area (Å²) < 4.78 is 0. The lowest BCUT2D eigenvalue weighted by Crippen LogP contribution is -2.17. The highest BCUT2D eigenvalue weighted by atomic mass is 16.3. The van der Waals surface area contributed by atoms with Crippen LogP contribution in [0, 0.1) is 0 Å². The van der Waals surface area contributed by atoms with Gasteiger partial charge in [-0.25, -0.2) is 0 Å². The first-order valence-corrected chi connectivity index (χ1v) is 4.74. The fourth-order valence-corrected chi connectivity index (χ4v) is 1.31. The molecule has 0 amide bonds. The van der Waals surface area contributed by atoms with Crippen LogP contribution in [0.4, 0.5) is 0 Å². The molecular weight excluding hydrogens is 192 g/mol. The average molecular weight is 206 g/mol. The molecular formula is C12H14O3. The van der Waals surface area contributed by atoms with E-state index in [9.17, 15) is 15.0 Å². The molecule has 0 aliphatic rings. The predicted molar refractivity (Wildman–Crippen MR) is 58.8 cm³/mol. The summed E-state index contributed by atoms with van der Waals surface area (Å²) in [5, 5.41) is 18.5. The van der Waals surface area contributed by atoms with Crippen molar-refractivity contribution in [3.63, 3.8) is 0 Å². The molecule has 0 aliphatic carbocycles. The van der Waals surface area contributed by atoms with E-state index in [-0.39, 0.29) is 11.5 Å². The molecule has 0 heterocycles. The van der Waals surface area contributed by atoms with E-state index in [0.717, 1.165) is 0 Å². The van der Waals surface area contributed by atoms with Gasteiger partial charge in [-0.1, -0.05) is 18.2 Å². The minimum Gasteiger partial charge on any atom is -0.508 e. The monoisotopic (exact) mass is 206 g/mol. The molecule has 0 saturated heterocycles. The fraction of sp³-hybridized carbons (Fsp3) is 0.250. The highest BCUT2D eigenvalue weighted by molar-refractivity contribution is 6.02. The molecule has 2 N–H and O–H groups in total. The lowest BCUT2D eigenvalue weighted by molar-refractivity contribution is 0.0779. The first-order valence-electron chi connectivity index (χ1n) is 4.74. The molecule has 0 aromatic heterocycles. The third-order valence-electron chi connectivity index (χ3n) is 2.03. The Kier molecular flexibility index (Phi) is 3.63. The number of ketones is 1. The molecule has 3 heteroatoms. The summed E-state index contributed by atoms with van der Waals surface area (Å²) in [6, 6.07) is 4.52. The maximum atomic E-state index is 11.6. The van der Waals surface area contributed by atoms with Gasteiger partial charge in [0.1, 0.15) is 11.9 Å². The molecule has 1 rings (SSSR count). The molecule has 0 aliphatic heterocycles. The number of aliphatic hydroxyl groups excluding tert-OH is 1. The van der Waals surface area contributed by atoms with Crippen LogP contribution >= 0.6 is 0 Å². The zero-order valence-electron chi connectivity index (χ0n) is 8.77. The number of carbonyl (C=O) groups is 1. The number of hydrogen-bond donors (Lipinski definition) is 2. The Labute approximate surface area is 88.7 Å². The standard InChI is InChI=1S/C12H14O3/c1-3-4-9-5-6-10(14)7-11(9)12(15)8(2)13/h3-8,13-14H,1-2H3/b4-3+. The lowest BCUT2D eigenvalue weighted by atomic mass is 10.00. The molecule has 1 atom stereocenters. The molecule has 1 unspecified atom stereocenters. The zero-order valence-corrected chi connectivity index (χ0v) is 8.77. The number of Topliss-reactive ketones (excluding diaryl/α,β-unsaturated/α-hetero) is 1. The summed E-state index contributed by atoms with van der Waals surface area (Å²) in [6.45, 7) is 3.25. The molecule has 0 spiro atoms. The van der Waals surface area contributed by atoms with Gasteiger partial charge in [-0.2, -0.15) is 0 Å². The second-order valence-corrected chi connectivity index (χ2v) is 3.31. The fourth-order valence-electron chi connectivity index (χ4n) is 1.31. The number of phenols is 1. The number of benzene rings is 1. The molecule has 3 nitrogen and oxygen atoms in total. The molecule has 0 fully saturated rings. The number of hydrogen-bond acceptors (Lipinski definition) is 3. The summed E-state index contributed by atoms with van der Waals surface area (Å²) in [5.74, 6) is -0.369. The van der Waals surface area contributed by atoms with Crippen LogP contribution < -0.4 is 0 Å². The van der Waals surface area contributed by atoms with Crippen molar-refractivity contribution in [3.8, 4) is 5.75 Å². The number of carbonyl (C=O) groups excluding carboxylic acids is 1. The maximum Gasteiger partial charge on any atom is 0.191 e. The first kappa shape index (κ1) is 11.5. The van der Waals surface area contributed by atoms with E-state index in [1.165, 1.54) is 19.1 Å². The van der Waals surface area contributed by atoms with Crippen molar-refractivity contribution in [2.75, 3.05) is 0 Å². The van der Waals surface area contributed by atoms with Crippen LogP contribution in [0.3, 0.4) is 0 Å². The van der Waals surface area contributed by atoms with Gasteiger partial charge >= 0.3 is 0 Å². The Bertz CT molecular complexity index is 392. The van der Waals surface area contributed by atoms with Crippen molar-refractivity contribution in [2.24, 2.45) is 0 Å². The largest absolute Gasteiger partial charge is 0.508 e. The molecule has 1 aromatic carbocycles. The first-order chi connectivity index (χ1) is 7.06. The van der Waals surface area contributed by atoms with Crippen LogP contribution in [0.25, 0.3) is 6.08 Å². The third kappa shape index (κ3) is 2.67. The van der Waals surface area contributed by atoms with Gasteiger partial charge in [0, 0.05) is 5.56 Å². The Morgan fingerprint density at radius 3 is 2.67 bits per heavy atom. The summed E-state index contributed by atoms with van der Waals surface area (Å²) in [4.78, 5) is 11.6. The normalized spacial score (nSPS) is 13.0. The van der Waals surface area contributed by atoms with Gasteiger partial charge in [0.15, 0.2) is 5.78 Å². The van der Waals surface area contributed by atoms with E-state index in [0.29, 0.717) is 11.1 Å². The van der Waals surface area contributed by atoms with Crippen molar-refractivity contribution < 1.29 is 15.0 Å². The van der Waals surface area contributed by atoms with Crippen molar-refractivity contribution in [1.82, 2.24) is 0 Å². The van der Waals surface area contributed by atoms with Gasteiger partial charge in [-0.05, 0) is 31.5 Å². The van der Waals surface area contributed by atoms with Crippen LogP contribution in [-0.4, -0.2) is 22.1 Å². The summed E-state index contributed by atoms with van der Waals surface area (Å²) in [7, 11) is 0. The Morgan fingerprint density at radius 1 is 1.47 bits per heavy atom. The summed E-state index contributed by atoms with van der Waals surface area (Å²) in [6.07, 6.45) is 2.50. The van der Waals surface area contributed by atoms with E-state index < -0.39 is 6.10 Å². The van der Waals surface area contributed by atoms with E-state index in [1.807, 2.05) is 6.92 Å². The topological polar surface area (TPSA) is 57.5 Å². The number of allylic oxidation sites excluding steroid dienone is 1. The average Bonchev–Trinajstić information content (AvgIpc) is 2.20. The van der Waals surface area contributed by atoms with Crippen LogP contribution in [0.5, 0.6) is 5.75 Å². The van der Waals surface area contributed by atoms with Crippen LogP contribution in [0.2, 0.25) is 0 Å². The smallest absolute Gasteiger partial charge is 0.191 e. The lowest BCUT2D eigenvalue weighted by Gasteiger charge is -2.07. The second-order valence-electron chi connectivity index (χ2n) is 3.31. The van der Waals surface area contributed by atoms with Gasteiger partial charge in [-0.3, -0.25) is 4.79 Å². The van der Waals surface area contributed by atoms with Crippen molar-refractivity contribution in [3.05, 3.63) is 35.4 Å². The SMILES string of the molecule is C/C=C/c1ccc(O)cc1C(=O)C(C)O. The number of rotatable bonds is 3. The highest BCUT2D eigenvalue weighted by Gasteiger charge is 2.15. The Balaban J connectivity index is 3.24. The van der Waals surface area contributed by atoms with Crippen LogP contribution in [0.1, 0.15) is 29.8 Å². The third-order valence-corrected chi connectivity index (χ3v) is 2.03. The highest BCUT2D eigenvalue weighted by Crippen LogP contribution is 2.19. The van der Waals surface area contributed by atoms with Gasteiger partial charge in [-0.15, -0.1) is 0 Å². The molecule has 1 aromatic rings. The minimum absolute atomic E-state index is 0.0206. The number of aromatic hydroxyl groups is 1. The van der Waals surface area contributed by atoms with Crippen molar-refractivity contribution >= 4 is 11.9 Å². The van der Waals surface area contributed by atoms with E-state index in [2.05, 4.69) is 0 Å². The van der Waals surface area contributed by atoms with Gasteiger partial charge in [0.2, 0.25) is 0 Å². The van der Waals surface area contributed by atoms with Gasteiger partial charge in [0.05, 0.1) is 0 Å². The van der Waals surface area contributed by atoms with Gasteiger partial charge < -0.3 is 10.2 Å². The Hall–Kier alpha value is -1.61. The summed E-state index contributed by atoms with van der Waals surface area (Å²) >= 11 is 0. The number of phenolic OH excluding ortho intramolecular Hbond substituents is 1. The molecule has 0 bridgehead atoms. The molecule has 80 valence electrons. The predicted octanol–water partition coefficient (Wildman–Crippen LogP) is 1.99. The number of aliphatic hydroxyl groups is 1. The minimum atomic E-state index is -1.06. The zero-order chi connectivity index (χ0) is 11.4. The van der Waals surface area contributed by atoms with E-state index in [1.54, 1.807) is 18.2 Å². The Morgan fingerprint density at radius 2 is 2.13 bits per heavy atom. The molecule has 0 radical (unpaired) electrons. The van der Waals surface area contributed by atoms with Crippen molar-refractivity contribution in [2.45, 2.75) is 20.0 Å². The van der Waals surface area contributed by atoms with Gasteiger partial charge in [0.25, 0.3) is 0 Å². The second kappa shape index (κ2) is 4.75. The summed E-state index contributed by atoms with van der Waals surface area (Å²) in [5.41, 5.74) is 1.03. The maximum absolute atomic E-state index is 11.6. The molecule has 15 heavy (non-hydrogen) atoms. The van der Waals surface area contributed by atoms with Crippen molar-refractivity contribution in [1.29, 1.82) is 0 Å². The van der Waals surface area contributed by atoms with Crippen LogP contribution in [-0.2, 0) is 0 Å². The van der Waals surface area contributed by atoms with E-state index >= 15 is 0 Å². The van der Waals surface area contributed by atoms with Crippen LogP contribution in [0.15, 0.2) is 24.3 Å².